The van der Waals surface area contributed by atoms with Crippen LogP contribution >= 0.6 is 36.2 Å². The molecule has 3 nitrogen and oxygen atoms in total. The number of rotatable bonds is 2. The van der Waals surface area contributed by atoms with Gasteiger partial charge in [-0.3, -0.25) is 0 Å². The molecule has 1 aromatic rings. The van der Waals surface area contributed by atoms with Crippen molar-refractivity contribution < 1.29 is 0 Å². The van der Waals surface area contributed by atoms with Crippen LogP contribution in [0, 0.1) is 0 Å². The second-order valence-corrected chi connectivity index (χ2v) is 3.30. The smallest absolute Gasteiger partial charge is 0.180 e. The molecule has 0 saturated heterocycles. The molecule has 1 rings (SSSR count). The van der Waals surface area contributed by atoms with Crippen LogP contribution in [-0.2, 0) is 6.54 Å². The molecule has 0 atom stereocenters. The Labute approximate surface area is 88.8 Å². The molecule has 0 aliphatic heterocycles. The van der Waals surface area contributed by atoms with E-state index in [2.05, 4.69) is 9.88 Å². The summed E-state index contributed by atoms with van der Waals surface area (Å²) < 4.78 is 0. The second kappa shape index (κ2) is 6.48. The lowest BCUT2D eigenvalue weighted by Gasteiger charge is -2.04. The summed E-state index contributed by atoms with van der Waals surface area (Å²) in [5, 5.41) is 2.63. The maximum absolute atomic E-state index is 5.44. The van der Waals surface area contributed by atoms with Crippen LogP contribution in [0.1, 0.15) is 5.69 Å². The van der Waals surface area contributed by atoms with Gasteiger partial charge in [0.2, 0.25) is 0 Å². The summed E-state index contributed by atoms with van der Waals surface area (Å²) in [7, 11) is 4.02. The molecule has 0 aromatic carbocycles. The third-order valence-corrected chi connectivity index (χ3v) is 1.77. The van der Waals surface area contributed by atoms with E-state index in [1.165, 1.54) is 11.3 Å². The monoisotopic (exact) mass is 229 g/mol. The van der Waals surface area contributed by atoms with Gasteiger partial charge in [0.05, 0.1) is 5.69 Å². The minimum absolute atomic E-state index is 0. The van der Waals surface area contributed by atoms with Gasteiger partial charge in [-0.05, 0) is 14.1 Å². The van der Waals surface area contributed by atoms with Crippen molar-refractivity contribution in [3.63, 3.8) is 0 Å². The molecule has 0 saturated carbocycles. The van der Waals surface area contributed by atoms with Gasteiger partial charge < -0.3 is 10.6 Å². The number of anilines is 1. The first-order valence-electron chi connectivity index (χ1n) is 3.03. The summed E-state index contributed by atoms with van der Waals surface area (Å²) in [5.74, 6) is 0. The van der Waals surface area contributed by atoms with Crippen LogP contribution in [0.15, 0.2) is 5.38 Å². The van der Waals surface area contributed by atoms with E-state index in [9.17, 15) is 0 Å². The Morgan fingerprint density at radius 2 is 2.08 bits per heavy atom. The molecule has 12 heavy (non-hydrogen) atoms. The first-order chi connectivity index (χ1) is 4.68. The minimum atomic E-state index is 0. The molecule has 0 fully saturated rings. The van der Waals surface area contributed by atoms with Crippen LogP contribution in [0.3, 0.4) is 0 Å². The van der Waals surface area contributed by atoms with E-state index in [1.807, 2.05) is 19.5 Å². The van der Waals surface area contributed by atoms with Crippen molar-refractivity contribution in [2.24, 2.45) is 0 Å². The van der Waals surface area contributed by atoms with Gasteiger partial charge in [-0.15, -0.1) is 36.2 Å². The number of nitrogens with zero attached hydrogens (tertiary/aromatic N) is 2. The van der Waals surface area contributed by atoms with Gasteiger partial charge in [0.15, 0.2) is 5.13 Å². The Bertz CT molecular complexity index is 214. The van der Waals surface area contributed by atoms with Crippen LogP contribution in [0.2, 0.25) is 0 Å². The Hall–Kier alpha value is -0.0300. The molecule has 0 radical (unpaired) electrons. The highest BCUT2D eigenvalue weighted by molar-refractivity contribution is 7.13. The van der Waals surface area contributed by atoms with Crippen molar-refractivity contribution >= 4 is 41.3 Å². The zero-order chi connectivity index (χ0) is 7.56. The first kappa shape index (κ1) is 14.5. The number of thiazole rings is 1. The Balaban J connectivity index is 0. The highest BCUT2D eigenvalue weighted by atomic mass is 35.5. The summed E-state index contributed by atoms with van der Waals surface area (Å²) in [5.41, 5.74) is 6.49. The number of aromatic nitrogens is 1. The number of nitrogen functional groups attached to an aromatic ring is 1. The lowest BCUT2D eigenvalue weighted by Crippen LogP contribution is -2.10. The quantitative estimate of drug-likeness (QED) is 0.839. The fourth-order valence-corrected chi connectivity index (χ4v) is 1.27. The van der Waals surface area contributed by atoms with E-state index in [0.29, 0.717) is 5.13 Å². The number of nitrogens with two attached hydrogens (primary N) is 1. The van der Waals surface area contributed by atoms with Gasteiger partial charge in [-0.2, -0.15) is 0 Å². The van der Waals surface area contributed by atoms with Crippen molar-refractivity contribution in [3.05, 3.63) is 11.1 Å². The summed E-state index contributed by atoms with van der Waals surface area (Å²) >= 11 is 1.49. The SMILES string of the molecule is CN(C)Cc1csc(N)n1.Cl.Cl. The highest BCUT2D eigenvalue weighted by Crippen LogP contribution is 2.11. The van der Waals surface area contributed by atoms with Crippen LogP contribution in [0.25, 0.3) is 0 Å². The summed E-state index contributed by atoms with van der Waals surface area (Å²) in [6, 6.07) is 0. The van der Waals surface area contributed by atoms with Crippen molar-refractivity contribution in [2.45, 2.75) is 6.54 Å². The van der Waals surface area contributed by atoms with E-state index in [4.69, 9.17) is 5.73 Å². The lowest BCUT2D eigenvalue weighted by atomic mass is 10.5. The van der Waals surface area contributed by atoms with Crippen molar-refractivity contribution in [2.75, 3.05) is 19.8 Å². The summed E-state index contributed by atoms with van der Waals surface area (Å²) in [6.45, 7) is 0.869. The number of halogens is 2. The van der Waals surface area contributed by atoms with Crippen LogP contribution < -0.4 is 5.73 Å². The van der Waals surface area contributed by atoms with Crippen LogP contribution in [0.5, 0.6) is 0 Å². The average molecular weight is 230 g/mol. The lowest BCUT2D eigenvalue weighted by molar-refractivity contribution is 0.398. The largest absolute Gasteiger partial charge is 0.375 e. The molecule has 2 N–H and O–H groups in total. The molecule has 0 amide bonds. The molecule has 1 heterocycles. The first-order valence-corrected chi connectivity index (χ1v) is 3.91. The molecule has 72 valence electrons. The molecule has 6 heteroatoms. The summed E-state index contributed by atoms with van der Waals surface area (Å²) in [6.07, 6.45) is 0. The molecule has 0 spiro atoms. The standard InChI is InChI=1S/C6H11N3S.2ClH/c1-9(2)3-5-4-10-6(7)8-5;;/h4H,3H2,1-2H3,(H2,7,8);2*1H. The van der Waals surface area contributed by atoms with Gasteiger partial charge in [0, 0.05) is 11.9 Å². The Morgan fingerprint density at radius 1 is 1.50 bits per heavy atom. The van der Waals surface area contributed by atoms with E-state index >= 15 is 0 Å². The van der Waals surface area contributed by atoms with E-state index in [-0.39, 0.29) is 24.8 Å². The topological polar surface area (TPSA) is 42.1 Å². The molecular weight excluding hydrogens is 217 g/mol. The Kier molecular flexibility index (Phi) is 7.83. The summed E-state index contributed by atoms with van der Waals surface area (Å²) in [4.78, 5) is 6.17. The normalized spacial score (nSPS) is 8.92. The molecule has 0 aliphatic carbocycles. The fraction of sp³-hybridized carbons (Fsp3) is 0.500. The van der Waals surface area contributed by atoms with Crippen molar-refractivity contribution in [1.82, 2.24) is 9.88 Å². The van der Waals surface area contributed by atoms with Crippen LogP contribution in [0.4, 0.5) is 5.13 Å². The zero-order valence-electron chi connectivity index (χ0n) is 6.98. The molecule has 0 bridgehead atoms. The van der Waals surface area contributed by atoms with Gasteiger partial charge in [0.1, 0.15) is 0 Å². The molecule has 1 aromatic heterocycles. The molecule has 0 aliphatic rings. The molecular formula is C6H13Cl2N3S. The highest BCUT2D eigenvalue weighted by Gasteiger charge is 1.98. The van der Waals surface area contributed by atoms with Gasteiger partial charge >= 0.3 is 0 Å². The Morgan fingerprint density at radius 3 is 2.42 bits per heavy atom. The van der Waals surface area contributed by atoms with E-state index in [0.717, 1.165) is 12.2 Å². The minimum Gasteiger partial charge on any atom is -0.375 e. The third kappa shape index (κ3) is 4.77. The number of hydrogen-bond donors (Lipinski definition) is 1. The van der Waals surface area contributed by atoms with Gasteiger partial charge in [-0.25, -0.2) is 4.98 Å². The third-order valence-electron chi connectivity index (χ3n) is 1.05. The van der Waals surface area contributed by atoms with E-state index < -0.39 is 0 Å². The maximum atomic E-state index is 5.44. The van der Waals surface area contributed by atoms with Crippen LogP contribution in [-0.4, -0.2) is 24.0 Å². The zero-order valence-corrected chi connectivity index (χ0v) is 9.43. The predicted octanol–water partition coefficient (Wildman–Crippen LogP) is 1.63. The van der Waals surface area contributed by atoms with Gasteiger partial charge in [-0.1, -0.05) is 0 Å². The predicted molar refractivity (Wildman–Crippen MR) is 58.4 cm³/mol. The van der Waals surface area contributed by atoms with Crippen molar-refractivity contribution in [1.29, 1.82) is 0 Å². The van der Waals surface area contributed by atoms with Gasteiger partial charge in [0.25, 0.3) is 0 Å². The number of hydrogen-bond acceptors (Lipinski definition) is 4. The average Bonchev–Trinajstić information content (AvgIpc) is 2.13. The molecule has 0 unspecified atom stereocenters. The fourth-order valence-electron chi connectivity index (χ4n) is 0.719. The van der Waals surface area contributed by atoms with Crippen molar-refractivity contribution in [3.8, 4) is 0 Å². The second-order valence-electron chi connectivity index (χ2n) is 2.41. The van der Waals surface area contributed by atoms with E-state index in [1.54, 1.807) is 0 Å². The maximum Gasteiger partial charge on any atom is 0.180 e.